The van der Waals surface area contributed by atoms with E-state index >= 15 is 0 Å². The van der Waals surface area contributed by atoms with E-state index in [-0.39, 0.29) is 11.7 Å². The van der Waals surface area contributed by atoms with E-state index in [1.165, 1.54) is 24.3 Å². The Labute approximate surface area is 172 Å². The highest BCUT2D eigenvalue weighted by Gasteiger charge is 2.23. The van der Waals surface area contributed by atoms with Crippen LogP contribution in [0, 0.1) is 5.82 Å². The number of hydrogen-bond donors (Lipinski definition) is 0. The molecule has 1 amide bonds. The molecule has 1 aliphatic heterocycles. The van der Waals surface area contributed by atoms with Gasteiger partial charge in [0.25, 0.3) is 5.91 Å². The summed E-state index contributed by atoms with van der Waals surface area (Å²) >= 11 is 5.99. The van der Waals surface area contributed by atoms with Gasteiger partial charge in [-0.05, 0) is 42.5 Å². The van der Waals surface area contributed by atoms with Gasteiger partial charge in [0.2, 0.25) is 11.8 Å². The molecule has 1 saturated heterocycles. The number of carbonyl (C=O) groups is 1. The molecule has 148 valence electrons. The third-order valence-electron chi connectivity index (χ3n) is 4.57. The SMILES string of the molecule is O=C(c1cccc(Cl)c1)N1CCN(c2nccc(Oc3ccc(F)cc3)n2)CC1. The molecule has 2 heterocycles. The van der Waals surface area contributed by atoms with Gasteiger partial charge in [-0.1, -0.05) is 17.7 Å². The number of carbonyl (C=O) groups excluding carboxylic acids is 1. The van der Waals surface area contributed by atoms with Gasteiger partial charge in [0.15, 0.2) is 0 Å². The Morgan fingerprint density at radius 2 is 1.79 bits per heavy atom. The molecule has 8 heteroatoms. The van der Waals surface area contributed by atoms with Gasteiger partial charge < -0.3 is 14.5 Å². The topological polar surface area (TPSA) is 58.6 Å². The third kappa shape index (κ3) is 4.63. The van der Waals surface area contributed by atoms with Crippen LogP contribution in [0.4, 0.5) is 10.3 Å². The second-order valence-corrected chi connectivity index (χ2v) is 6.98. The van der Waals surface area contributed by atoms with Crippen LogP contribution in [0.5, 0.6) is 11.6 Å². The lowest BCUT2D eigenvalue weighted by atomic mass is 10.2. The fourth-order valence-corrected chi connectivity index (χ4v) is 3.27. The molecule has 1 aromatic heterocycles. The second-order valence-electron chi connectivity index (χ2n) is 6.54. The summed E-state index contributed by atoms with van der Waals surface area (Å²) < 4.78 is 18.7. The van der Waals surface area contributed by atoms with Crippen molar-refractivity contribution in [2.24, 2.45) is 0 Å². The summed E-state index contributed by atoms with van der Waals surface area (Å²) in [6, 6.07) is 14.3. The Balaban J connectivity index is 1.39. The molecule has 3 aromatic rings. The monoisotopic (exact) mass is 412 g/mol. The minimum Gasteiger partial charge on any atom is -0.439 e. The molecule has 2 aromatic carbocycles. The normalized spacial score (nSPS) is 14.0. The molecule has 0 aliphatic carbocycles. The van der Waals surface area contributed by atoms with Gasteiger partial charge in [-0.2, -0.15) is 4.98 Å². The van der Waals surface area contributed by atoms with E-state index in [0.717, 1.165) is 0 Å². The molecule has 4 rings (SSSR count). The zero-order valence-electron chi connectivity index (χ0n) is 15.5. The highest BCUT2D eigenvalue weighted by atomic mass is 35.5. The lowest BCUT2D eigenvalue weighted by Crippen LogP contribution is -2.49. The maximum absolute atomic E-state index is 13.0. The van der Waals surface area contributed by atoms with Crippen molar-refractivity contribution in [2.45, 2.75) is 0 Å². The predicted molar refractivity (Wildman–Crippen MR) is 108 cm³/mol. The minimum absolute atomic E-state index is 0.0403. The van der Waals surface area contributed by atoms with Gasteiger partial charge in [0.1, 0.15) is 11.6 Å². The van der Waals surface area contributed by atoms with Crippen LogP contribution in [-0.2, 0) is 0 Å². The molecule has 0 atom stereocenters. The van der Waals surface area contributed by atoms with Crippen LogP contribution < -0.4 is 9.64 Å². The van der Waals surface area contributed by atoms with E-state index in [9.17, 15) is 9.18 Å². The molecular formula is C21H18ClFN4O2. The second kappa shape index (κ2) is 8.45. The summed E-state index contributed by atoms with van der Waals surface area (Å²) in [5.41, 5.74) is 0.580. The molecular weight excluding hydrogens is 395 g/mol. The maximum atomic E-state index is 13.0. The number of halogens is 2. The predicted octanol–water partition coefficient (Wildman–Crippen LogP) is 4.02. The van der Waals surface area contributed by atoms with Crippen molar-refractivity contribution in [3.05, 3.63) is 77.2 Å². The average Bonchev–Trinajstić information content (AvgIpc) is 2.75. The Kier molecular flexibility index (Phi) is 5.57. The Morgan fingerprint density at radius 1 is 1.03 bits per heavy atom. The van der Waals surface area contributed by atoms with Crippen LogP contribution in [-0.4, -0.2) is 47.0 Å². The van der Waals surface area contributed by atoms with E-state index in [1.54, 1.807) is 41.4 Å². The molecule has 0 radical (unpaired) electrons. The third-order valence-corrected chi connectivity index (χ3v) is 4.81. The van der Waals surface area contributed by atoms with Gasteiger partial charge >= 0.3 is 0 Å². The first kappa shape index (κ1) is 19.1. The minimum atomic E-state index is -0.328. The Morgan fingerprint density at radius 3 is 2.52 bits per heavy atom. The number of ether oxygens (including phenoxy) is 1. The summed E-state index contributed by atoms with van der Waals surface area (Å²) in [5.74, 6) is 1.03. The number of anilines is 1. The lowest BCUT2D eigenvalue weighted by Gasteiger charge is -2.34. The summed E-state index contributed by atoms with van der Waals surface area (Å²) in [5, 5.41) is 0.542. The number of hydrogen-bond acceptors (Lipinski definition) is 5. The highest BCUT2D eigenvalue weighted by Crippen LogP contribution is 2.22. The van der Waals surface area contributed by atoms with E-state index in [0.29, 0.717) is 54.3 Å². The van der Waals surface area contributed by atoms with Crippen LogP contribution in [0.1, 0.15) is 10.4 Å². The van der Waals surface area contributed by atoms with Crippen LogP contribution >= 0.6 is 11.6 Å². The molecule has 0 spiro atoms. The van der Waals surface area contributed by atoms with Crippen LogP contribution in [0.2, 0.25) is 5.02 Å². The molecule has 0 saturated carbocycles. The summed E-state index contributed by atoms with van der Waals surface area (Å²) in [6.07, 6.45) is 1.62. The number of nitrogens with zero attached hydrogens (tertiary/aromatic N) is 4. The van der Waals surface area contributed by atoms with Crippen molar-refractivity contribution in [3.8, 4) is 11.6 Å². The average molecular weight is 413 g/mol. The molecule has 6 nitrogen and oxygen atoms in total. The summed E-state index contributed by atoms with van der Waals surface area (Å²) in [4.78, 5) is 25.2. The van der Waals surface area contributed by atoms with Crippen LogP contribution in [0.25, 0.3) is 0 Å². The van der Waals surface area contributed by atoms with Crippen molar-refractivity contribution >= 4 is 23.5 Å². The largest absolute Gasteiger partial charge is 0.439 e. The fourth-order valence-electron chi connectivity index (χ4n) is 3.08. The standard InChI is InChI=1S/C21H18ClFN4O2/c22-16-3-1-2-15(14-16)20(28)26-10-12-27(13-11-26)21-24-9-8-19(25-21)29-18-6-4-17(23)5-7-18/h1-9,14H,10-13H2. The van der Waals surface area contributed by atoms with E-state index in [2.05, 4.69) is 9.97 Å². The number of rotatable bonds is 4. The van der Waals surface area contributed by atoms with Gasteiger partial charge in [0.05, 0.1) is 0 Å². The van der Waals surface area contributed by atoms with Gasteiger partial charge in [-0.15, -0.1) is 0 Å². The zero-order chi connectivity index (χ0) is 20.2. The summed E-state index contributed by atoms with van der Waals surface area (Å²) in [7, 11) is 0. The number of aromatic nitrogens is 2. The maximum Gasteiger partial charge on any atom is 0.254 e. The quantitative estimate of drug-likeness (QED) is 0.647. The van der Waals surface area contributed by atoms with Crippen molar-refractivity contribution in [3.63, 3.8) is 0 Å². The lowest BCUT2D eigenvalue weighted by molar-refractivity contribution is 0.0746. The molecule has 0 unspecified atom stereocenters. The van der Waals surface area contributed by atoms with Gasteiger partial charge in [0, 0.05) is 49.0 Å². The van der Waals surface area contributed by atoms with Crippen LogP contribution in [0.15, 0.2) is 60.8 Å². The highest BCUT2D eigenvalue weighted by molar-refractivity contribution is 6.30. The molecule has 0 N–H and O–H groups in total. The zero-order valence-corrected chi connectivity index (χ0v) is 16.2. The first-order valence-corrected chi connectivity index (χ1v) is 9.52. The summed E-state index contributed by atoms with van der Waals surface area (Å²) in [6.45, 7) is 2.31. The van der Waals surface area contributed by atoms with Crippen molar-refractivity contribution in [1.82, 2.24) is 14.9 Å². The Bertz CT molecular complexity index is 1010. The van der Waals surface area contributed by atoms with Gasteiger partial charge in [-0.3, -0.25) is 4.79 Å². The van der Waals surface area contributed by atoms with Crippen molar-refractivity contribution in [2.75, 3.05) is 31.1 Å². The molecule has 29 heavy (non-hydrogen) atoms. The van der Waals surface area contributed by atoms with E-state index in [1.807, 2.05) is 4.90 Å². The van der Waals surface area contributed by atoms with Crippen LogP contribution in [0.3, 0.4) is 0 Å². The first-order valence-electron chi connectivity index (χ1n) is 9.15. The smallest absolute Gasteiger partial charge is 0.254 e. The molecule has 1 aliphatic rings. The van der Waals surface area contributed by atoms with E-state index in [4.69, 9.17) is 16.3 Å². The van der Waals surface area contributed by atoms with Crippen molar-refractivity contribution < 1.29 is 13.9 Å². The molecule has 0 bridgehead atoms. The van der Waals surface area contributed by atoms with Crippen molar-refractivity contribution in [1.29, 1.82) is 0 Å². The Hall–Kier alpha value is -3.19. The number of benzene rings is 2. The number of piperazine rings is 1. The fraction of sp³-hybridized carbons (Fsp3) is 0.190. The first-order chi connectivity index (χ1) is 14.1. The van der Waals surface area contributed by atoms with Gasteiger partial charge in [-0.25, -0.2) is 9.37 Å². The number of amides is 1. The van der Waals surface area contributed by atoms with E-state index < -0.39 is 0 Å². The molecule has 1 fully saturated rings.